The number of ether oxygens (including phenoxy) is 1. The highest BCUT2D eigenvalue weighted by molar-refractivity contribution is 5.52. The number of phenolic OH excluding ortho intramolecular Hbond substituents is 1. The topological polar surface area (TPSA) is 55.5 Å². The van der Waals surface area contributed by atoms with Gasteiger partial charge in [-0.25, -0.2) is 4.39 Å². The van der Waals surface area contributed by atoms with E-state index in [2.05, 4.69) is 0 Å². The molecule has 1 aliphatic rings. The summed E-state index contributed by atoms with van der Waals surface area (Å²) in [6, 6.07) is 1.67. The summed E-state index contributed by atoms with van der Waals surface area (Å²) in [6.07, 6.45) is 1.79. The maximum Gasteiger partial charge on any atom is 0.197 e. The van der Waals surface area contributed by atoms with E-state index in [1.165, 1.54) is 7.11 Å². The van der Waals surface area contributed by atoms with Crippen LogP contribution in [0.25, 0.3) is 0 Å². The van der Waals surface area contributed by atoms with Crippen molar-refractivity contribution in [1.29, 1.82) is 0 Å². The number of hydrogen-bond donors (Lipinski definition) is 2. The largest absolute Gasteiger partial charge is 0.504 e. The summed E-state index contributed by atoms with van der Waals surface area (Å²) in [7, 11) is 1.35. The molecule has 1 saturated carbocycles. The summed E-state index contributed by atoms with van der Waals surface area (Å²) >= 11 is 0. The predicted molar refractivity (Wildman–Crippen MR) is 59.3 cm³/mol. The second-order valence-corrected chi connectivity index (χ2v) is 4.42. The lowest BCUT2D eigenvalue weighted by atomic mass is 9.93. The van der Waals surface area contributed by atoms with E-state index in [0.29, 0.717) is 17.7 Å². The average molecular weight is 225 g/mol. The molecule has 0 spiro atoms. The van der Waals surface area contributed by atoms with Crippen molar-refractivity contribution in [2.45, 2.75) is 25.2 Å². The fourth-order valence-electron chi connectivity index (χ4n) is 2.06. The minimum Gasteiger partial charge on any atom is -0.504 e. The molecule has 16 heavy (non-hydrogen) atoms. The van der Waals surface area contributed by atoms with Crippen molar-refractivity contribution in [2.75, 3.05) is 13.7 Å². The first-order valence-corrected chi connectivity index (χ1v) is 5.32. The van der Waals surface area contributed by atoms with Crippen LogP contribution in [-0.2, 0) is 5.41 Å². The van der Waals surface area contributed by atoms with Crippen molar-refractivity contribution in [3.8, 4) is 11.5 Å². The molecule has 0 amide bonds. The summed E-state index contributed by atoms with van der Waals surface area (Å²) in [5, 5.41) is 9.67. The van der Waals surface area contributed by atoms with Crippen LogP contribution in [0.4, 0.5) is 4.39 Å². The summed E-state index contributed by atoms with van der Waals surface area (Å²) in [6.45, 7) is 2.16. The minimum absolute atomic E-state index is 0.0743. The normalized spacial score (nSPS) is 17.2. The monoisotopic (exact) mass is 225 g/mol. The number of nitrogens with two attached hydrogens (primary N) is 1. The Morgan fingerprint density at radius 3 is 2.62 bits per heavy atom. The van der Waals surface area contributed by atoms with Crippen LogP contribution in [0, 0.1) is 12.7 Å². The third-order valence-corrected chi connectivity index (χ3v) is 3.41. The number of benzene rings is 1. The molecule has 1 aliphatic carbocycles. The molecule has 3 nitrogen and oxygen atoms in total. The molecule has 0 unspecified atom stereocenters. The third-order valence-electron chi connectivity index (χ3n) is 3.41. The van der Waals surface area contributed by atoms with E-state index < -0.39 is 5.82 Å². The Bertz CT molecular complexity index is 428. The van der Waals surface area contributed by atoms with Gasteiger partial charge in [-0.05, 0) is 37.0 Å². The van der Waals surface area contributed by atoms with Gasteiger partial charge in [-0.1, -0.05) is 0 Å². The first-order valence-electron chi connectivity index (χ1n) is 5.32. The lowest BCUT2D eigenvalue weighted by molar-refractivity contribution is 0.346. The highest BCUT2D eigenvalue weighted by atomic mass is 19.1. The number of methoxy groups -OCH3 is 1. The Labute approximate surface area is 94.0 Å². The van der Waals surface area contributed by atoms with Crippen molar-refractivity contribution in [3.05, 3.63) is 23.0 Å². The second kappa shape index (κ2) is 3.63. The highest BCUT2D eigenvalue weighted by Gasteiger charge is 2.45. The van der Waals surface area contributed by atoms with Gasteiger partial charge in [-0.3, -0.25) is 0 Å². The lowest BCUT2D eigenvalue weighted by Crippen LogP contribution is -2.21. The van der Waals surface area contributed by atoms with E-state index in [9.17, 15) is 9.50 Å². The Morgan fingerprint density at radius 2 is 2.19 bits per heavy atom. The standard InChI is InChI=1S/C12H16FNO2/c1-7-5-8(12(6-14)3-4-12)9(13)11(16-2)10(7)15/h5,15H,3-4,6,14H2,1-2H3. The van der Waals surface area contributed by atoms with E-state index in [1.807, 2.05) is 0 Å². The van der Waals surface area contributed by atoms with Gasteiger partial charge in [0.1, 0.15) is 0 Å². The summed E-state index contributed by atoms with van der Waals surface area (Å²) < 4.78 is 19.0. The fraction of sp³-hybridized carbons (Fsp3) is 0.500. The van der Waals surface area contributed by atoms with Crippen molar-refractivity contribution in [2.24, 2.45) is 5.73 Å². The van der Waals surface area contributed by atoms with Crippen LogP contribution < -0.4 is 10.5 Å². The molecular formula is C12H16FNO2. The Morgan fingerprint density at radius 1 is 1.56 bits per heavy atom. The smallest absolute Gasteiger partial charge is 0.197 e. The van der Waals surface area contributed by atoms with Crippen LogP contribution >= 0.6 is 0 Å². The van der Waals surface area contributed by atoms with E-state index >= 15 is 0 Å². The Kier molecular flexibility index (Phi) is 2.54. The molecule has 0 saturated heterocycles. The molecule has 0 radical (unpaired) electrons. The van der Waals surface area contributed by atoms with Gasteiger partial charge >= 0.3 is 0 Å². The highest BCUT2D eigenvalue weighted by Crippen LogP contribution is 2.51. The van der Waals surface area contributed by atoms with Gasteiger partial charge in [-0.2, -0.15) is 0 Å². The Balaban J connectivity index is 2.59. The van der Waals surface area contributed by atoms with E-state index in [-0.39, 0.29) is 16.9 Å². The number of halogens is 1. The number of phenols is 1. The van der Waals surface area contributed by atoms with E-state index in [4.69, 9.17) is 10.5 Å². The van der Waals surface area contributed by atoms with Crippen molar-refractivity contribution >= 4 is 0 Å². The van der Waals surface area contributed by atoms with Gasteiger partial charge in [0.2, 0.25) is 0 Å². The maximum atomic E-state index is 14.1. The van der Waals surface area contributed by atoms with E-state index in [0.717, 1.165) is 12.8 Å². The van der Waals surface area contributed by atoms with Crippen LogP contribution in [0.2, 0.25) is 0 Å². The molecular weight excluding hydrogens is 209 g/mol. The molecule has 3 N–H and O–H groups in total. The van der Waals surface area contributed by atoms with Crippen LogP contribution in [0.15, 0.2) is 6.07 Å². The molecule has 0 bridgehead atoms. The van der Waals surface area contributed by atoms with Crippen LogP contribution in [0.3, 0.4) is 0 Å². The molecule has 0 aromatic heterocycles. The molecule has 1 aromatic rings. The van der Waals surface area contributed by atoms with Gasteiger partial charge in [-0.15, -0.1) is 0 Å². The summed E-state index contributed by atoms with van der Waals surface area (Å²) in [5.74, 6) is -0.681. The van der Waals surface area contributed by atoms with Crippen molar-refractivity contribution < 1.29 is 14.2 Å². The summed E-state index contributed by atoms with van der Waals surface area (Å²) in [4.78, 5) is 0. The third kappa shape index (κ3) is 1.45. The van der Waals surface area contributed by atoms with Gasteiger partial charge in [0.15, 0.2) is 17.3 Å². The fourth-order valence-corrected chi connectivity index (χ4v) is 2.06. The first kappa shape index (κ1) is 11.2. The van der Waals surface area contributed by atoms with Gasteiger partial charge < -0.3 is 15.6 Å². The molecule has 1 aromatic carbocycles. The van der Waals surface area contributed by atoms with Gasteiger partial charge in [0, 0.05) is 12.0 Å². The second-order valence-electron chi connectivity index (χ2n) is 4.42. The predicted octanol–water partition coefficient (Wildman–Crippen LogP) is 1.84. The SMILES string of the molecule is COc1c(O)c(C)cc(C2(CN)CC2)c1F. The van der Waals surface area contributed by atoms with Crippen molar-refractivity contribution in [1.82, 2.24) is 0 Å². The number of aromatic hydroxyl groups is 1. The molecule has 0 atom stereocenters. The Hall–Kier alpha value is -1.29. The van der Waals surface area contributed by atoms with Crippen LogP contribution in [0.1, 0.15) is 24.0 Å². The number of aryl methyl sites for hydroxylation is 1. The molecule has 0 aliphatic heterocycles. The quantitative estimate of drug-likeness (QED) is 0.825. The van der Waals surface area contributed by atoms with Gasteiger partial charge in [0.25, 0.3) is 0 Å². The van der Waals surface area contributed by atoms with E-state index in [1.54, 1.807) is 13.0 Å². The zero-order chi connectivity index (χ0) is 11.9. The van der Waals surface area contributed by atoms with Crippen molar-refractivity contribution in [3.63, 3.8) is 0 Å². The lowest BCUT2D eigenvalue weighted by Gasteiger charge is -2.18. The maximum absolute atomic E-state index is 14.1. The van der Waals surface area contributed by atoms with Gasteiger partial charge in [0.05, 0.1) is 7.11 Å². The molecule has 0 heterocycles. The average Bonchev–Trinajstić information content (AvgIpc) is 3.05. The summed E-state index contributed by atoms with van der Waals surface area (Å²) in [5.41, 5.74) is 6.63. The minimum atomic E-state index is -0.478. The first-order chi connectivity index (χ1) is 7.55. The molecule has 1 fully saturated rings. The molecule has 88 valence electrons. The molecule has 2 rings (SSSR count). The molecule has 4 heteroatoms. The zero-order valence-electron chi connectivity index (χ0n) is 9.51. The van der Waals surface area contributed by atoms with Crippen LogP contribution in [0.5, 0.6) is 11.5 Å². The number of rotatable bonds is 3. The zero-order valence-corrected chi connectivity index (χ0v) is 9.51. The van der Waals surface area contributed by atoms with Crippen LogP contribution in [-0.4, -0.2) is 18.8 Å². The number of hydrogen-bond acceptors (Lipinski definition) is 3.